The summed E-state index contributed by atoms with van der Waals surface area (Å²) in [4.78, 5) is 31.0. The van der Waals surface area contributed by atoms with Crippen LogP contribution in [0.3, 0.4) is 0 Å². The summed E-state index contributed by atoms with van der Waals surface area (Å²) in [6.45, 7) is -1.14. The number of benzene rings is 4. The Kier molecular flexibility index (Phi) is 9.43. The van der Waals surface area contributed by atoms with E-state index in [2.05, 4.69) is 15.6 Å². The molecule has 2 amide bonds. The Balaban J connectivity index is 1.07. The highest BCUT2D eigenvalue weighted by Gasteiger charge is 2.49. The molecule has 1 heterocycles. The zero-order valence-electron chi connectivity index (χ0n) is 25.8. The average Bonchev–Trinajstić information content (AvgIpc) is 3.38. The fourth-order valence-corrected chi connectivity index (χ4v) is 6.05. The molecule has 7 nitrogen and oxygen atoms in total. The van der Waals surface area contributed by atoms with Crippen LogP contribution in [-0.4, -0.2) is 36.1 Å². The third-order valence-corrected chi connectivity index (χ3v) is 8.19. The summed E-state index contributed by atoms with van der Waals surface area (Å²) >= 11 is 0. The molecule has 0 bridgehead atoms. The Labute approximate surface area is 275 Å². The molecule has 0 unspecified atom stereocenters. The van der Waals surface area contributed by atoms with Crippen LogP contribution in [0.25, 0.3) is 11.1 Å². The van der Waals surface area contributed by atoms with Crippen molar-refractivity contribution in [2.75, 3.05) is 18.5 Å². The van der Waals surface area contributed by atoms with Crippen LogP contribution in [0.15, 0.2) is 121 Å². The van der Waals surface area contributed by atoms with E-state index in [1.165, 1.54) is 6.20 Å². The van der Waals surface area contributed by atoms with Gasteiger partial charge < -0.3 is 20.1 Å². The van der Waals surface area contributed by atoms with Crippen molar-refractivity contribution in [2.45, 2.75) is 30.9 Å². The van der Waals surface area contributed by atoms with E-state index in [1.54, 1.807) is 60.7 Å². The molecular formula is C38H32F3N3O4. The van der Waals surface area contributed by atoms with Crippen molar-refractivity contribution in [3.8, 4) is 28.5 Å². The molecule has 0 saturated carbocycles. The highest BCUT2D eigenvalue weighted by Crippen LogP contribution is 2.51. The quantitative estimate of drug-likeness (QED) is 0.133. The average molecular weight is 652 g/mol. The van der Waals surface area contributed by atoms with E-state index in [0.29, 0.717) is 59.0 Å². The van der Waals surface area contributed by atoms with Crippen molar-refractivity contribution in [1.29, 1.82) is 0 Å². The maximum atomic E-state index is 13.6. The van der Waals surface area contributed by atoms with E-state index in [-0.39, 0.29) is 12.5 Å². The second kappa shape index (κ2) is 14.0. The Bertz CT molecular complexity index is 1850. The van der Waals surface area contributed by atoms with Crippen LogP contribution in [0.5, 0.6) is 17.4 Å². The minimum atomic E-state index is -4.53. The minimum absolute atomic E-state index is 0.270. The zero-order valence-corrected chi connectivity index (χ0v) is 25.8. The number of amides is 2. The van der Waals surface area contributed by atoms with Crippen molar-refractivity contribution in [2.24, 2.45) is 0 Å². The Morgan fingerprint density at radius 1 is 0.750 bits per heavy atom. The molecule has 1 aromatic heterocycles. The summed E-state index contributed by atoms with van der Waals surface area (Å²) in [7, 11) is 0. The number of alkyl halides is 3. The number of carbonyl (C=O) groups is 2. The largest absolute Gasteiger partial charge is 0.478 e. The Morgan fingerprint density at radius 3 is 2.06 bits per heavy atom. The maximum Gasteiger partial charge on any atom is 0.405 e. The minimum Gasteiger partial charge on any atom is -0.478 e. The predicted octanol–water partition coefficient (Wildman–Crippen LogP) is 8.32. The smallest absolute Gasteiger partial charge is 0.405 e. The number of pyridine rings is 1. The van der Waals surface area contributed by atoms with Gasteiger partial charge in [0.15, 0.2) is 0 Å². The number of aromatic nitrogens is 1. The third kappa shape index (κ3) is 7.02. The number of carbonyl (C=O) groups excluding carboxylic acids is 2. The first-order chi connectivity index (χ1) is 23.2. The summed E-state index contributed by atoms with van der Waals surface area (Å²) in [5.74, 6) is 0.332. The standard InChI is InChI=1S/C38H32F3N3O4/c39-38(40,41)25-43-36(46)37(31-17-7-4-14-28(31)29-15-5-8-18-32(29)37)22-10-11-23-47-34-21-20-26(24-42-34)44-35(45)30-16-6-9-19-33(30)48-27-12-2-1-3-13-27/h1-9,12-21,24H,10-11,22-23,25H2,(H,43,46)(H,44,45). The molecule has 244 valence electrons. The highest BCUT2D eigenvalue weighted by atomic mass is 19.4. The number of rotatable bonds is 12. The van der Waals surface area contributed by atoms with Gasteiger partial charge in [0.1, 0.15) is 23.5 Å². The zero-order chi connectivity index (χ0) is 33.6. The molecule has 0 fully saturated rings. The lowest BCUT2D eigenvalue weighted by atomic mass is 9.73. The summed E-state index contributed by atoms with van der Waals surface area (Å²) in [6, 6.07) is 34.2. The summed E-state index contributed by atoms with van der Waals surface area (Å²) in [6.07, 6.45) is -1.73. The van der Waals surface area contributed by atoms with Gasteiger partial charge >= 0.3 is 6.18 Å². The van der Waals surface area contributed by atoms with Crippen LogP contribution in [0.2, 0.25) is 0 Å². The summed E-state index contributed by atoms with van der Waals surface area (Å²) in [5, 5.41) is 4.98. The lowest BCUT2D eigenvalue weighted by Gasteiger charge is -2.31. The number of hydrogen-bond acceptors (Lipinski definition) is 5. The monoisotopic (exact) mass is 651 g/mol. The van der Waals surface area contributed by atoms with Crippen molar-refractivity contribution < 1.29 is 32.2 Å². The van der Waals surface area contributed by atoms with Gasteiger partial charge in [0, 0.05) is 6.07 Å². The topological polar surface area (TPSA) is 89.5 Å². The fourth-order valence-electron chi connectivity index (χ4n) is 6.05. The second-order valence-corrected chi connectivity index (χ2v) is 11.4. The predicted molar refractivity (Wildman–Crippen MR) is 176 cm³/mol. The van der Waals surface area contributed by atoms with Crippen molar-refractivity contribution >= 4 is 17.5 Å². The lowest BCUT2D eigenvalue weighted by molar-refractivity contribution is -0.141. The second-order valence-electron chi connectivity index (χ2n) is 11.4. The molecule has 1 aliphatic rings. The van der Waals surface area contributed by atoms with Crippen LogP contribution in [0.1, 0.15) is 40.7 Å². The van der Waals surface area contributed by atoms with Crippen molar-refractivity contribution in [3.63, 3.8) is 0 Å². The summed E-state index contributed by atoms with van der Waals surface area (Å²) in [5.41, 5.74) is 2.64. The van der Waals surface area contributed by atoms with Gasteiger partial charge in [0.05, 0.1) is 24.1 Å². The molecule has 48 heavy (non-hydrogen) atoms. The van der Waals surface area contributed by atoms with Crippen LogP contribution in [-0.2, 0) is 10.2 Å². The number of nitrogens with one attached hydrogen (secondary N) is 2. The Hall–Kier alpha value is -5.64. The molecule has 0 aliphatic heterocycles. The lowest BCUT2D eigenvalue weighted by Crippen LogP contribution is -2.47. The van der Waals surface area contributed by atoms with Gasteiger partial charge in [-0.3, -0.25) is 9.59 Å². The normalized spacial score (nSPS) is 12.8. The van der Waals surface area contributed by atoms with Gasteiger partial charge in [-0.1, -0.05) is 78.9 Å². The third-order valence-electron chi connectivity index (χ3n) is 8.19. The van der Waals surface area contributed by atoms with Gasteiger partial charge in [0.25, 0.3) is 5.91 Å². The number of ether oxygens (including phenoxy) is 2. The van der Waals surface area contributed by atoms with Crippen LogP contribution in [0.4, 0.5) is 18.9 Å². The van der Waals surface area contributed by atoms with E-state index in [0.717, 1.165) is 11.1 Å². The van der Waals surface area contributed by atoms with Gasteiger partial charge in [-0.05, 0) is 71.8 Å². The van der Waals surface area contributed by atoms with Crippen molar-refractivity contribution in [1.82, 2.24) is 10.3 Å². The molecular weight excluding hydrogens is 619 g/mol. The van der Waals surface area contributed by atoms with E-state index < -0.39 is 24.0 Å². The molecule has 0 radical (unpaired) electrons. The maximum absolute atomic E-state index is 13.6. The van der Waals surface area contributed by atoms with Gasteiger partial charge in [0.2, 0.25) is 11.8 Å². The molecule has 1 aliphatic carbocycles. The Morgan fingerprint density at radius 2 is 1.40 bits per heavy atom. The van der Waals surface area contributed by atoms with E-state index in [1.807, 2.05) is 54.6 Å². The summed E-state index contributed by atoms with van der Waals surface area (Å²) < 4.78 is 51.1. The van der Waals surface area contributed by atoms with Gasteiger partial charge in [-0.2, -0.15) is 13.2 Å². The first kappa shape index (κ1) is 32.3. The molecule has 2 N–H and O–H groups in total. The molecule has 10 heteroatoms. The van der Waals surface area contributed by atoms with Crippen LogP contribution < -0.4 is 20.1 Å². The van der Waals surface area contributed by atoms with Gasteiger partial charge in [-0.15, -0.1) is 0 Å². The SMILES string of the molecule is O=C(Nc1ccc(OCCCCC2(C(=O)NCC(F)(F)F)c3ccccc3-c3ccccc32)nc1)c1ccccc1Oc1ccccc1. The van der Waals surface area contributed by atoms with Gasteiger partial charge in [-0.25, -0.2) is 4.98 Å². The van der Waals surface area contributed by atoms with E-state index in [9.17, 15) is 22.8 Å². The fraction of sp³-hybridized carbons (Fsp3) is 0.184. The molecule has 5 aromatic rings. The van der Waals surface area contributed by atoms with E-state index >= 15 is 0 Å². The number of unbranched alkanes of at least 4 members (excludes halogenated alkanes) is 1. The number of halogens is 3. The number of anilines is 1. The molecule has 0 spiro atoms. The molecule has 4 aromatic carbocycles. The molecule has 0 atom stereocenters. The molecule has 0 saturated heterocycles. The van der Waals surface area contributed by atoms with Crippen LogP contribution >= 0.6 is 0 Å². The highest BCUT2D eigenvalue weighted by molar-refractivity contribution is 6.06. The number of fused-ring (bicyclic) bond motifs is 3. The first-order valence-corrected chi connectivity index (χ1v) is 15.5. The van der Waals surface area contributed by atoms with Crippen molar-refractivity contribution in [3.05, 3.63) is 138 Å². The number of para-hydroxylation sites is 2. The first-order valence-electron chi connectivity index (χ1n) is 15.5. The number of nitrogens with zero attached hydrogens (tertiary/aromatic N) is 1. The van der Waals surface area contributed by atoms with Crippen LogP contribution in [0, 0.1) is 0 Å². The van der Waals surface area contributed by atoms with E-state index in [4.69, 9.17) is 9.47 Å². The number of hydrogen-bond donors (Lipinski definition) is 2. The molecule has 6 rings (SSSR count).